The zero-order valence-electron chi connectivity index (χ0n) is 17.3. The van der Waals surface area contributed by atoms with Gasteiger partial charge in [-0.25, -0.2) is 32.2 Å². The van der Waals surface area contributed by atoms with Crippen LogP contribution >= 0.6 is 0 Å². The van der Waals surface area contributed by atoms with Gasteiger partial charge in [0.05, 0.1) is 11.4 Å². The maximum atomic E-state index is 15.1. The van der Waals surface area contributed by atoms with Crippen molar-refractivity contribution >= 4 is 38.1 Å². The zero-order chi connectivity index (χ0) is 22.9. The van der Waals surface area contributed by atoms with Gasteiger partial charge in [-0.3, -0.25) is 4.72 Å². The van der Waals surface area contributed by atoms with E-state index in [1.165, 1.54) is 6.33 Å². The summed E-state index contributed by atoms with van der Waals surface area (Å²) < 4.78 is 55.9. The Kier molecular flexibility index (Phi) is 5.78. The van der Waals surface area contributed by atoms with E-state index in [9.17, 15) is 12.8 Å². The largest absolute Gasteiger partial charge is 0.368 e. The Labute approximate surface area is 183 Å². The van der Waals surface area contributed by atoms with E-state index in [-0.39, 0.29) is 11.4 Å². The van der Waals surface area contributed by atoms with Gasteiger partial charge in [0, 0.05) is 12.1 Å². The highest BCUT2D eigenvalue weighted by molar-refractivity contribution is 7.92. The number of halogens is 2. The van der Waals surface area contributed by atoms with Crippen LogP contribution in [-0.2, 0) is 10.0 Å². The number of aromatic nitrogens is 4. The van der Waals surface area contributed by atoms with Gasteiger partial charge in [-0.05, 0) is 25.5 Å². The minimum absolute atomic E-state index is 0.179. The number of hydrogen-bond acceptors (Lipinski definition) is 7. The molecule has 0 fully saturated rings. The summed E-state index contributed by atoms with van der Waals surface area (Å²) in [7, 11) is -3.75. The molecular formula is C20H21F2N7O2S. The number of fused-ring (bicyclic) bond motifs is 1. The summed E-state index contributed by atoms with van der Waals surface area (Å²) in [4.78, 5) is 15.8. The second-order valence-corrected chi connectivity index (χ2v) is 8.99. The number of allylic oxidation sites excluding steroid dienone is 2. The number of hydrogen-bond donors (Lipinski definition) is 4. The average Bonchev–Trinajstić information content (AvgIpc) is 3.14. The lowest BCUT2D eigenvalue weighted by molar-refractivity contribution is 0.587. The van der Waals surface area contributed by atoms with Gasteiger partial charge in [0.15, 0.2) is 11.5 Å². The number of imidazole rings is 1. The van der Waals surface area contributed by atoms with Crippen molar-refractivity contribution < 1.29 is 17.2 Å². The fraction of sp³-hybridized carbons (Fsp3) is 0.250. The molecule has 2 aromatic heterocycles. The van der Waals surface area contributed by atoms with Crippen molar-refractivity contribution in [1.82, 2.24) is 25.3 Å². The predicted molar refractivity (Wildman–Crippen MR) is 118 cm³/mol. The van der Waals surface area contributed by atoms with E-state index in [0.29, 0.717) is 47.0 Å². The zero-order valence-corrected chi connectivity index (χ0v) is 18.1. The fourth-order valence-corrected chi connectivity index (χ4v) is 4.46. The first-order valence-corrected chi connectivity index (χ1v) is 11.5. The van der Waals surface area contributed by atoms with Gasteiger partial charge in [-0.15, -0.1) is 0 Å². The van der Waals surface area contributed by atoms with Gasteiger partial charge in [-0.1, -0.05) is 19.1 Å². The number of dihydropyridines is 1. The molecule has 0 bridgehead atoms. The molecule has 168 valence electrons. The summed E-state index contributed by atoms with van der Waals surface area (Å²) in [5, 5.41) is 5.78. The summed E-state index contributed by atoms with van der Waals surface area (Å²) in [6, 6.07) is 2.04. The average molecular weight is 461 g/mol. The Morgan fingerprint density at radius 3 is 2.81 bits per heavy atom. The minimum atomic E-state index is -3.75. The van der Waals surface area contributed by atoms with Gasteiger partial charge in [-0.2, -0.15) is 0 Å². The molecule has 0 saturated carbocycles. The van der Waals surface area contributed by atoms with E-state index in [2.05, 4.69) is 35.3 Å². The van der Waals surface area contributed by atoms with E-state index < -0.39 is 27.3 Å². The van der Waals surface area contributed by atoms with E-state index in [1.54, 1.807) is 19.9 Å². The SMILES string of the molecule is CCCS(=O)(=O)Nc1ccc(F)c(NC2=C(c3ncnc4nc(C)[nH]c34)C=CCN2)c1F. The van der Waals surface area contributed by atoms with Gasteiger partial charge >= 0.3 is 0 Å². The summed E-state index contributed by atoms with van der Waals surface area (Å²) in [5.41, 5.74) is 1.22. The molecule has 0 unspecified atom stereocenters. The summed E-state index contributed by atoms with van der Waals surface area (Å²) in [5.74, 6) is -1.17. The summed E-state index contributed by atoms with van der Waals surface area (Å²) >= 11 is 0. The van der Waals surface area contributed by atoms with Crippen molar-refractivity contribution in [2.75, 3.05) is 22.3 Å². The maximum Gasteiger partial charge on any atom is 0.232 e. The van der Waals surface area contributed by atoms with Gasteiger partial charge in [0.25, 0.3) is 0 Å². The van der Waals surface area contributed by atoms with Crippen LogP contribution in [0.1, 0.15) is 24.9 Å². The topological polar surface area (TPSA) is 125 Å². The maximum absolute atomic E-state index is 15.1. The molecule has 1 aliphatic rings. The van der Waals surface area contributed by atoms with Crippen LogP contribution in [0.5, 0.6) is 0 Å². The lowest BCUT2D eigenvalue weighted by atomic mass is 10.1. The third kappa shape index (κ3) is 4.26. The first-order valence-electron chi connectivity index (χ1n) is 9.87. The predicted octanol–water partition coefficient (Wildman–Crippen LogP) is 3.03. The molecule has 0 spiro atoms. The molecule has 12 heteroatoms. The molecule has 0 radical (unpaired) electrons. The summed E-state index contributed by atoms with van der Waals surface area (Å²) in [6.45, 7) is 3.88. The molecule has 4 rings (SSSR count). The quantitative estimate of drug-likeness (QED) is 0.426. The number of benzene rings is 1. The third-order valence-corrected chi connectivity index (χ3v) is 6.17. The number of nitrogens with one attached hydrogen (secondary N) is 4. The second kappa shape index (κ2) is 8.54. The Hall–Kier alpha value is -3.54. The fourth-order valence-electron chi connectivity index (χ4n) is 3.33. The standard InChI is InChI=1S/C20H21F2N7O2S/c1-3-9-32(30,31)29-14-7-6-13(21)17(15(14)22)28-19-12(5-4-8-23-19)16-18-20(25-10-24-16)27-11(2)26-18/h4-7,10,23,28-29H,3,8-9H2,1-2H3,(H,24,25,26,27). The molecule has 3 aromatic rings. The monoisotopic (exact) mass is 461 g/mol. The number of sulfonamides is 1. The van der Waals surface area contributed by atoms with E-state index >= 15 is 4.39 Å². The number of nitrogens with zero attached hydrogens (tertiary/aromatic N) is 3. The van der Waals surface area contributed by atoms with Gasteiger partial charge < -0.3 is 15.6 Å². The van der Waals surface area contributed by atoms with Crippen LogP contribution in [0.3, 0.4) is 0 Å². The van der Waals surface area contributed by atoms with Crippen LogP contribution in [0.2, 0.25) is 0 Å². The molecule has 4 N–H and O–H groups in total. The lowest BCUT2D eigenvalue weighted by Crippen LogP contribution is -2.25. The summed E-state index contributed by atoms with van der Waals surface area (Å²) in [6.07, 6.45) is 5.31. The third-order valence-electron chi connectivity index (χ3n) is 4.69. The van der Waals surface area contributed by atoms with Crippen LogP contribution < -0.4 is 15.4 Å². The second-order valence-electron chi connectivity index (χ2n) is 7.14. The van der Waals surface area contributed by atoms with Crippen molar-refractivity contribution in [3.63, 3.8) is 0 Å². The first-order chi connectivity index (χ1) is 15.3. The number of anilines is 2. The van der Waals surface area contributed by atoms with Crippen LogP contribution in [-0.4, -0.2) is 40.7 Å². The number of aromatic amines is 1. The molecule has 0 saturated heterocycles. The Morgan fingerprint density at radius 1 is 1.22 bits per heavy atom. The normalized spacial score (nSPS) is 14.0. The van der Waals surface area contributed by atoms with Crippen LogP contribution in [0, 0.1) is 18.6 Å². The van der Waals surface area contributed by atoms with Crippen molar-refractivity contribution in [3.05, 3.63) is 59.6 Å². The van der Waals surface area contributed by atoms with E-state index in [0.717, 1.165) is 12.1 Å². The van der Waals surface area contributed by atoms with Crippen molar-refractivity contribution in [1.29, 1.82) is 0 Å². The first kappa shape index (κ1) is 21.7. The van der Waals surface area contributed by atoms with E-state index in [1.807, 2.05) is 6.08 Å². The van der Waals surface area contributed by atoms with Crippen molar-refractivity contribution in [2.45, 2.75) is 20.3 Å². The molecule has 0 amide bonds. The highest BCUT2D eigenvalue weighted by atomic mass is 32.2. The smallest absolute Gasteiger partial charge is 0.232 e. The lowest BCUT2D eigenvalue weighted by Gasteiger charge is -2.21. The highest BCUT2D eigenvalue weighted by Gasteiger charge is 2.22. The Morgan fingerprint density at radius 2 is 2.03 bits per heavy atom. The number of H-pyrrole nitrogens is 1. The number of aryl methyl sites for hydroxylation is 1. The number of rotatable bonds is 7. The molecule has 3 heterocycles. The van der Waals surface area contributed by atoms with Crippen molar-refractivity contribution in [2.24, 2.45) is 0 Å². The Bertz CT molecular complexity index is 1350. The molecular weight excluding hydrogens is 440 g/mol. The molecule has 32 heavy (non-hydrogen) atoms. The van der Waals surface area contributed by atoms with E-state index in [4.69, 9.17) is 0 Å². The molecule has 0 atom stereocenters. The molecule has 1 aliphatic heterocycles. The molecule has 9 nitrogen and oxygen atoms in total. The van der Waals surface area contributed by atoms with Crippen LogP contribution in [0.15, 0.2) is 36.4 Å². The minimum Gasteiger partial charge on any atom is -0.368 e. The molecule has 1 aromatic carbocycles. The van der Waals surface area contributed by atoms with Crippen molar-refractivity contribution in [3.8, 4) is 0 Å². The van der Waals surface area contributed by atoms with Crippen LogP contribution in [0.4, 0.5) is 20.2 Å². The van der Waals surface area contributed by atoms with Crippen LogP contribution in [0.25, 0.3) is 16.7 Å². The molecule has 0 aliphatic carbocycles. The van der Waals surface area contributed by atoms with Gasteiger partial charge in [0.1, 0.15) is 40.7 Å². The van der Waals surface area contributed by atoms with Gasteiger partial charge in [0.2, 0.25) is 10.0 Å². The highest BCUT2D eigenvalue weighted by Crippen LogP contribution is 2.31. The Balaban J connectivity index is 1.77.